The van der Waals surface area contributed by atoms with E-state index < -0.39 is 0 Å². The van der Waals surface area contributed by atoms with E-state index in [1.54, 1.807) is 18.3 Å². The van der Waals surface area contributed by atoms with E-state index in [0.29, 0.717) is 22.9 Å². The SMILES string of the molecule is C/C=C/c1nccc(N2CCCN(c3cc(-c4ccccc4O)nnc3N)CC2)n1. The second kappa shape index (κ2) is 8.77. The fourth-order valence-corrected chi connectivity index (χ4v) is 3.62. The summed E-state index contributed by atoms with van der Waals surface area (Å²) in [4.78, 5) is 13.4. The first-order valence-electron chi connectivity index (χ1n) is 10.0. The molecule has 3 aromatic rings. The quantitative estimate of drug-likeness (QED) is 0.685. The first-order chi connectivity index (χ1) is 14.7. The number of phenols is 1. The van der Waals surface area contributed by atoms with Crippen LogP contribution in [0, 0.1) is 0 Å². The minimum absolute atomic E-state index is 0.172. The van der Waals surface area contributed by atoms with E-state index >= 15 is 0 Å². The van der Waals surface area contributed by atoms with Gasteiger partial charge in [-0.3, -0.25) is 0 Å². The summed E-state index contributed by atoms with van der Waals surface area (Å²) in [5, 5.41) is 18.5. The highest BCUT2D eigenvalue weighted by Gasteiger charge is 2.20. The number of anilines is 3. The van der Waals surface area contributed by atoms with Crippen LogP contribution in [0.5, 0.6) is 5.75 Å². The highest BCUT2D eigenvalue weighted by Crippen LogP contribution is 2.31. The molecule has 3 N–H and O–H groups in total. The Morgan fingerprint density at radius 2 is 1.83 bits per heavy atom. The highest BCUT2D eigenvalue weighted by molar-refractivity contribution is 5.74. The molecule has 1 aromatic carbocycles. The molecule has 1 aliphatic heterocycles. The number of rotatable bonds is 4. The molecule has 0 spiro atoms. The zero-order valence-corrected chi connectivity index (χ0v) is 16.9. The van der Waals surface area contributed by atoms with Gasteiger partial charge in [-0.05, 0) is 43.7 Å². The lowest BCUT2D eigenvalue weighted by atomic mass is 10.1. The molecule has 3 heterocycles. The molecule has 8 heteroatoms. The predicted molar refractivity (Wildman–Crippen MR) is 119 cm³/mol. The van der Waals surface area contributed by atoms with Crippen LogP contribution in [0.25, 0.3) is 17.3 Å². The number of nitrogens with zero attached hydrogens (tertiary/aromatic N) is 6. The molecule has 30 heavy (non-hydrogen) atoms. The van der Waals surface area contributed by atoms with E-state index in [0.717, 1.165) is 44.1 Å². The van der Waals surface area contributed by atoms with Crippen LogP contribution in [0.15, 0.2) is 48.7 Å². The molecule has 8 nitrogen and oxygen atoms in total. The molecule has 0 saturated carbocycles. The Kier molecular flexibility index (Phi) is 5.74. The smallest absolute Gasteiger partial charge is 0.169 e. The molecule has 0 atom stereocenters. The van der Waals surface area contributed by atoms with Gasteiger partial charge in [0.1, 0.15) is 11.6 Å². The average Bonchev–Trinajstić information content (AvgIpc) is 3.01. The Labute approximate surface area is 175 Å². The molecule has 0 radical (unpaired) electrons. The van der Waals surface area contributed by atoms with Gasteiger partial charge in [0.15, 0.2) is 11.6 Å². The summed E-state index contributed by atoms with van der Waals surface area (Å²) in [6.45, 7) is 5.28. The summed E-state index contributed by atoms with van der Waals surface area (Å²) in [6.07, 6.45) is 6.59. The van der Waals surface area contributed by atoms with Crippen LogP contribution in [0.1, 0.15) is 19.2 Å². The van der Waals surface area contributed by atoms with Gasteiger partial charge in [-0.1, -0.05) is 18.2 Å². The predicted octanol–water partition coefficient (Wildman–Crippen LogP) is 2.97. The van der Waals surface area contributed by atoms with Crippen LogP contribution in [0.2, 0.25) is 0 Å². The molecule has 4 rings (SSSR count). The van der Waals surface area contributed by atoms with Crippen LogP contribution in [0.3, 0.4) is 0 Å². The molecule has 0 unspecified atom stereocenters. The van der Waals surface area contributed by atoms with Gasteiger partial charge in [0.05, 0.1) is 11.4 Å². The van der Waals surface area contributed by atoms with Gasteiger partial charge in [-0.15, -0.1) is 10.2 Å². The van der Waals surface area contributed by atoms with Gasteiger partial charge >= 0.3 is 0 Å². The zero-order valence-electron chi connectivity index (χ0n) is 16.9. The van der Waals surface area contributed by atoms with Crippen LogP contribution >= 0.6 is 0 Å². The van der Waals surface area contributed by atoms with Gasteiger partial charge in [0.2, 0.25) is 0 Å². The third-order valence-corrected chi connectivity index (χ3v) is 5.12. The zero-order chi connectivity index (χ0) is 20.9. The second-order valence-corrected chi connectivity index (χ2v) is 7.12. The van der Waals surface area contributed by atoms with E-state index in [9.17, 15) is 5.11 Å². The van der Waals surface area contributed by atoms with E-state index in [2.05, 4.69) is 30.0 Å². The van der Waals surface area contributed by atoms with Crippen molar-refractivity contribution in [3.8, 4) is 17.0 Å². The molecular formula is C22H25N7O. The third kappa shape index (κ3) is 4.17. The molecule has 0 aliphatic carbocycles. The van der Waals surface area contributed by atoms with E-state index in [1.807, 2.05) is 43.3 Å². The largest absolute Gasteiger partial charge is 0.507 e. The summed E-state index contributed by atoms with van der Waals surface area (Å²) in [5.74, 6) is 2.20. The fraction of sp³-hybridized carbons (Fsp3) is 0.273. The van der Waals surface area contributed by atoms with Crippen molar-refractivity contribution in [1.29, 1.82) is 0 Å². The Morgan fingerprint density at radius 1 is 1.03 bits per heavy atom. The number of hydrogen-bond acceptors (Lipinski definition) is 8. The van der Waals surface area contributed by atoms with Gasteiger partial charge in [0, 0.05) is 37.9 Å². The number of allylic oxidation sites excluding steroid dienone is 1. The lowest BCUT2D eigenvalue weighted by Gasteiger charge is -2.25. The topological polar surface area (TPSA) is 104 Å². The Balaban J connectivity index is 1.55. The lowest BCUT2D eigenvalue weighted by Crippen LogP contribution is -2.31. The van der Waals surface area contributed by atoms with Crippen LogP contribution in [0.4, 0.5) is 17.3 Å². The standard InChI is InChI=1S/C22H25N7O/c1-2-6-20-24-10-9-21(25-20)29-12-5-11-28(13-14-29)18-15-17(26-27-22(18)23)16-7-3-4-8-19(16)30/h2-4,6-10,15,30H,5,11-14H2,1H3,(H2,23,27)/b6-2+. The van der Waals surface area contributed by atoms with Crippen molar-refractivity contribution >= 4 is 23.4 Å². The number of benzene rings is 1. The number of hydrogen-bond donors (Lipinski definition) is 2. The number of para-hydroxylation sites is 1. The van der Waals surface area contributed by atoms with Crippen molar-refractivity contribution in [2.24, 2.45) is 0 Å². The van der Waals surface area contributed by atoms with Gasteiger partial charge in [-0.2, -0.15) is 0 Å². The van der Waals surface area contributed by atoms with E-state index in [1.165, 1.54) is 0 Å². The minimum Gasteiger partial charge on any atom is -0.507 e. The summed E-state index contributed by atoms with van der Waals surface area (Å²) in [5.41, 5.74) is 8.24. The maximum absolute atomic E-state index is 10.2. The van der Waals surface area contributed by atoms with Crippen LogP contribution in [-0.2, 0) is 0 Å². The normalized spacial score (nSPS) is 14.8. The number of nitrogen functional groups attached to an aromatic ring is 1. The van der Waals surface area contributed by atoms with Crippen LogP contribution < -0.4 is 15.5 Å². The number of aromatic hydroxyl groups is 1. The molecule has 0 bridgehead atoms. The molecule has 2 aromatic heterocycles. The minimum atomic E-state index is 0.172. The molecule has 1 fully saturated rings. The lowest BCUT2D eigenvalue weighted by molar-refractivity contribution is 0.477. The van der Waals surface area contributed by atoms with Crippen LogP contribution in [-0.4, -0.2) is 51.5 Å². The van der Waals surface area contributed by atoms with Gasteiger partial charge < -0.3 is 20.6 Å². The summed E-state index contributed by atoms with van der Waals surface area (Å²) < 4.78 is 0. The Morgan fingerprint density at radius 3 is 2.67 bits per heavy atom. The van der Waals surface area contributed by atoms with Crippen molar-refractivity contribution in [2.45, 2.75) is 13.3 Å². The average molecular weight is 403 g/mol. The van der Waals surface area contributed by atoms with Crippen molar-refractivity contribution in [2.75, 3.05) is 41.7 Å². The number of phenolic OH excluding ortho intramolecular Hbond substituents is 1. The second-order valence-electron chi connectivity index (χ2n) is 7.12. The van der Waals surface area contributed by atoms with Gasteiger partial charge in [0.25, 0.3) is 0 Å². The number of nitrogens with two attached hydrogens (primary N) is 1. The highest BCUT2D eigenvalue weighted by atomic mass is 16.3. The Bertz CT molecular complexity index is 1050. The van der Waals surface area contributed by atoms with Crippen molar-refractivity contribution in [3.63, 3.8) is 0 Å². The summed E-state index contributed by atoms with van der Waals surface area (Å²) >= 11 is 0. The summed E-state index contributed by atoms with van der Waals surface area (Å²) in [7, 11) is 0. The fourth-order valence-electron chi connectivity index (χ4n) is 3.62. The molecule has 1 aliphatic rings. The van der Waals surface area contributed by atoms with Crippen molar-refractivity contribution in [3.05, 3.63) is 54.5 Å². The third-order valence-electron chi connectivity index (χ3n) is 5.12. The Hall–Kier alpha value is -3.68. The molecule has 1 saturated heterocycles. The van der Waals surface area contributed by atoms with E-state index in [-0.39, 0.29) is 5.75 Å². The first kappa shape index (κ1) is 19.6. The first-order valence-corrected chi connectivity index (χ1v) is 10.0. The van der Waals surface area contributed by atoms with Crippen molar-refractivity contribution in [1.82, 2.24) is 20.2 Å². The van der Waals surface area contributed by atoms with Gasteiger partial charge in [-0.25, -0.2) is 9.97 Å². The number of aromatic nitrogens is 4. The van der Waals surface area contributed by atoms with Crippen molar-refractivity contribution < 1.29 is 5.11 Å². The monoisotopic (exact) mass is 403 g/mol. The maximum Gasteiger partial charge on any atom is 0.169 e. The maximum atomic E-state index is 10.2. The molecular weight excluding hydrogens is 378 g/mol. The molecule has 154 valence electrons. The van der Waals surface area contributed by atoms with E-state index in [4.69, 9.17) is 5.73 Å². The molecule has 0 amide bonds. The summed E-state index contributed by atoms with van der Waals surface area (Å²) in [6, 6.07) is 11.0.